The van der Waals surface area contributed by atoms with Gasteiger partial charge in [0.05, 0.1) is 0 Å². The van der Waals surface area contributed by atoms with Crippen LogP contribution in [0.5, 0.6) is 0 Å². The molecule has 0 saturated carbocycles. The fourth-order valence-corrected chi connectivity index (χ4v) is 2.47. The van der Waals surface area contributed by atoms with Gasteiger partial charge in [-0.05, 0) is 19.9 Å². The van der Waals surface area contributed by atoms with Gasteiger partial charge in [0.15, 0.2) is 0 Å². The van der Waals surface area contributed by atoms with Gasteiger partial charge in [-0.3, -0.25) is 4.79 Å². The van der Waals surface area contributed by atoms with Gasteiger partial charge in [-0.1, -0.05) is 11.6 Å². The monoisotopic (exact) mass is 268 g/mol. The smallest absolute Gasteiger partial charge is 0.247 e. The zero-order valence-electron chi connectivity index (χ0n) is 10.8. The highest BCUT2D eigenvalue weighted by molar-refractivity contribution is 6.29. The normalized spacial score (nSPS) is 19.2. The summed E-state index contributed by atoms with van der Waals surface area (Å²) in [5, 5.41) is 0.340. The lowest BCUT2D eigenvalue weighted by Crippen LogP contribution is -2.62. The molecule has 0 bridgehead atoms. The first-order valence-corrected chi connectivity index (χ1v) is 6.16. The van der Waals surface area contributed by atoms with Crippen LogP contribution in [0.1, 0.15) is 13.8 Å². The van der Waals surface area contributed by atoms with E-state index in [0.29, 0.717) is 29.7 Å². The Balaban J connectivity index is 2.41. The van der Waals surface area contributed by atoms with Crippen molar-refractivity contribution in [1.82, 2.24) is 9.88 Å². The number of halogens is 1. The summed E-state index contributed by atoms with van der Waals surface area (Å²) in [5.74, 6) is 0.709. The molecule has 1 aromatic heterocycles. The van der Waals surface area contributed by atoms with Crippen molar-refractivity contribution in [2.45, 2.75) is 19.4 Å². The number of anilines is 2. The topological polar surface area (TPSA) is 62.5 Å². The van der Waals surface area contributed by atoms with Crippen molar-refractivity contribution < 1.29 is 4.79 Å². The number of piperazine rings is 1. The molecule has 1 saturated heterocycles. The van der Waals surface area contributed by atoms with Crippen LogP contribution in [0.4, 0.5) is 11.5 Å². The highest BCUT2D eigenvalue weighted by atomic mass is 35.5. The lowest BCUT2D eigenvalue weighted by molar-refractivity contribution is -0.136. The first kappa shape index (κ1) is 13.0. The van der Waals surface area contributed by atoms with Crippen molar-refractivity contribution in [3.05, 3.63) is 17.3 Å². The maximum Gasteiger partial charge on any atom is 0.247 e. The van der Waals surface area contributed by atoms with Crippen LogP contribution in [0.15, 0.2) is 12.1 Å². The van der Waals surface area contributed by atoms with E-state index in [0.717, 1.165) is 0 Å². The van der Waals surface area contributed by atoms with E-state index in [1.807, 2.05) is 18.7 Å². The molecule has 0 aliphatic carbocycles. The fraction of sp³-hybridized carbons (Fsp3) is 0.500. The minimum Gasteiger partial charge on any atom is -0.399 e. The van der Waals surface area contributed by atoms with Gasteiger partial charge in [0.1, 0.15) is 16.5 Å². The lowest BCUT2D eigenvalue weighted by Gasteiger charge is -2.45. The first-order valence-electron chi connectivity index (χ1n) is 5.78. The summed E-state index contributed by atoms with van der Waals surface area (Å²) in [6.45, 7) is 5.13. The van der Waals surface area contributed by atoms with E-state index in [1.165, 1.54) is 0 Å². The van der Waals surface area contributed by atoms with E-state index in [2.05, 4.69) is 4.98 Å². The van der Waals surface area contributed by atoms with Crippen molar-refractivity contribution in [2.75, 3.05) is 30.8 Å². The molecule has 0 spiro atoms. The summed E-state index contributed by atoms with van der Waals surface area (Å²) in [6, 6.07) is 3.34. The molecule has 2 N–H and O–H groups in total. The fourth-order valence-electron chi connectivity index (χ4n) is 2.26. The average Bonchev–Trinajstić information content (AvgIpc) is 2.24. The van der Waals surface area contributed by atoms with Crippen LogP contribution >= 0.6 is 11.6 Å². The maximum absolute atomic E-state index is 12.2. The van der Waals surface area contributed by atoms with E-state index in [1.54, 1.807) is 24.1 Å². The minimum absolute atomic E-state index is 0.0640. The molecule has 1 aliphatic heterocycles. The first-order chi connectivity index (χ1) is 8.32. The minimum atomic E-state index is -0.642. The molecule has 0 atom stereocenters. The SMILES string of the molecule is CN1CCN(c2cc(N)cc(Cl)n2)C(C)(C)C1=O. The van der Waals surface area contributed by atoms with Crippen molar-refractivity contribution in [3.8, 4) is 0 Å². The van der Waals surface area contributed by atoms with Crippen LogP contribution in [-0.4, -0.2) is 41.5 Å². The molecule has 0 aromatic carbocycles. The lowest BCUT2D eigenvalue weighted by atomic mass is 9.98. The summed E-state index contributed by atoms with van der Waals surface area (Å²) in [5.41, 5.74) is 5.68. The van der Waals surface area contributed by atoms with E-state index < -0.39 is 5.54 Å². The number of amides is 1. The van der Waals surface area contributed by atoms with Gasteiger partial charge >= 0.3 is 0 Å². The predicted molar refractivity (Wildman–Crippen MR) is 72.7 cm³/mol. The molecule has 0 unspecified atom stereocenters. The molecular formula is C12H17ClN4O. The summed E-state index contributed by atoms with van der Waals surface area (Å²) in [6.07, 6.45) is 0. The van der Waals surface area contributed by atoms with Crippen LogP contribution in [0.3, 0.4) is 0 Å². The summed E-state index contributed by atoms with van der Waals surface area (Å²) < 4.78 is 0. The quantitative estimate of drug-likeness (QED) is 0.782. The number of nitrogens with zero attached hydrogens (tertiary/aromatic N) is 3. The van der Waals surface area contributed by atoms with Gasteiger partial charge < -0.3 is 15.5 Å². The molecule has 6 heteroatoms. The van der Waals surface area contributed by atoms with Crippen molar-refractivity contribution in [1.29, 1.82) is 0 Å². The van der Waals surface area contributed by atoms with Gasteiger partial charge in [0.2, 0.25) is 5.91 Å². The standard InChI is InChI=1S/C12H17ClN4O/c1-12(2)11(18)16(3)4-5-17(12)10-7-8(14)6-9(13)15-10/h6-7H,4-5H2,1-3H3,(H2,14,15). The Bertz CT molecular complexity index is 469. The van der Waals surface area contributed by atoms with Crippen LogP contribution in [0, 0.1) is 0 Å². The number of hydrogen-bond donors (Lipinski definition) is 1. The molecule has 18 heavy (non-hydrogen) atoms. The van der Waals surface area contributed by atoms with Gasteiger partial charge in [-0.25, -0.2) is 4.98 Å². The molecule has 2 heterocycles. The van der Waals surface area contributed by atoms with E-state index >= 15 is 0 Å². The Hall–Kier alpha value is -1.49. The number of carbonyl (C=O) groups is 1. The van der Waals surface area contributed by atoms with E-state index in [4.69, 9.17) is 17.3 Å². The molecule has 1 aromatic rings. The Morgan fingerprint density at radius 1 is 1.39 bits per heavy atom. The highest BCUT2D eigenvalue weighted by Gasteiger charge is 2.41. The number of nitrogens with two attached hydrogens (primary N) is 1. The second kappa shape index (κ2) is 4.31. The second-order valence-electron chi connectivity index (χ2n) is 5.02. The molecule has 1 fully saturated rings. The highest BCUT2D eigenvalue weighted by Crippen LogP contribution is 2.29. The number of rotatable bonds is 1. The van der Waals surface area contributed by atoms with Crippen LogP contribution in [-0.2, 0) is 4.79 Å². The molecule has 0 radical (unpaired) electrons. The Kier molecular flexibility index (Phi) is 3.11. The summed E-state index contributed by atoms with van der Waals surface area (Å²) in [7, 11) is 1.81. The van der Waals surface area contributed by atoms with E-state index in [9.17, 15) is 4.79 Å². The molecule has 1 aliphatic rings. The average molecular weight is 269 g/mol. The van der Waals surface area contributed by atoms with Crippen LogP contribution in [0.25, 0.3) is 0 Å². The number of aromatic nitrogens is 1. The van der Waals surface area contributed by atoms with Crippen LogP contribution < -0.4 is 10.6 Å². The Morgan fingerprint density at radius 2 is 2.06 bits per heavy atom. The second-order valence-corrected chi connectivity index (χ2v) is 5.41. The predicted octanol–water partition coefficient (Wildman–Crippen LogP) is 1.37. The van der Waals surface area contributed by atoms with E-state index in [-0.39, 0.29) is 5.91 Å². The van der Waals surface area contributed by atoms with Gasteiger partial charge in [0.25, 0.3) is 0 Å². The molecular weight excluding hydrogens is 252 g/mol. The third kappa shape index (κ3) is 2.10. The summed E-state index contributed by atoms with van der Waals surface area (Å²) in [4.78, 5) is 20.1. The molecule has 1 amide bonds. The zero-order valence-corrected chi connectivity index (χ0v) is 11.5. The number of likely N-dealkylation sites (N-methyl/N-ethyl adjacent to an activating group) is 1. The number of nitrogen functional groups attached to an aromatic ring is 1. The largest absolute Gasteiger partial charge is 0.399 e. The molecule has 2 rings (SSSR count). The third-order valence-electron chi connectivity index (χ3n) is 3.28. The van der Waals surface area contributed by atoms with Crippen molar-refractivity contribution >= 4 is 29.0 Å². The number of hydrogen-bond acceptors (Lipinski definition) is 4. The zero-order chi connectivity index (χ0) is 13.5. The summed E-state index contributed by atoms with van der Waals surface area (Å²) >= 11 is 5.91. The molecule has 98 valence electrons. The van der Waals surface area contributed by atoms with Crippen molar-refractivity contribution in [3.63, 3.8) is 0 Å². The Labute approximate surface area is 112 Å². The Morgan fingerprint density at radius 3 is 2.67 bits per heavy atom. The van der Waals surface area contributed by atoms with Crippen LogP contribution in [0.2, 0.25) is 5.15 Å². The molecule has 5 nitrogen and oxygen atoms in total. The maximum atomic E-state index is 12.2. The third-order valence-corrected chi connectivity index (χ3v) is 3.48. The van der Waals surface area contributed by atoms with Gasteiger partial charge in [-0.2, -0.15) is 0 Å². The number of pyridine rings is 1. The number of carbonyl (C=O) groups excluding carboxylic acids is 1. The van der Waals surface area contributed by atoms with Gasteiger partial charge in [-0.15, -0.1) is 0 Å². The van der Waals surface area contributed by atoms with Gasteiger partial charge in [0, 0.05) is 31.9 Å². The van der Waals surface area contributed by atoms with Crippen molar-refractivity contribution in [2.24, 2.45) is 0 Å².